The van der Waals surface area contributed by atoms with Gasteiger partial charge >= 0.3 is 5.97 Å². The first-order valence-electron chi connectivity index (χ1n) is 10.9. The van der Waals surface area contributed by atoms with E-state index in [-0.39, 0.29) is 6.61 Å². The molecule has 0 fully saturated rings. The van der Waals surface area contributed by atoms with E-state index in [1.807, 2.05) is 36.4 Å². The van der Waals surface area contributed by atoms with Crippen LogP contribution in [-0.2, 0) is 11.3 Å². The number of benzene rings is 3. The third-order valence-electron chi connectivity index (χ3n) is 5.63. The van der Waals surface area contributed by atoms with Crippen molar-refractivity contribution in [3.05, 3.63) is 113 Å². The molecule has 0 saturated carbocycles. The summed E-state index contributed by atoms with van der Waals surface area (Å²) < 4.78 is 19.3. The van der Waals surface area contributed by atoms with Gasteiger partial charge in [0.1, 0.15) is 12.4 Å². The van der Waals surface area contributed by atoms with E-state index in [2.05, 4.69) is 15.3 Å². The van der Waals surface area contributed by atoms with Crippen molar-refractivity contribution in [1.82, 2.24) is 9.97 Å². The number of amides is 1. The molecule has 0 aliphatic heterocycles. The van der Waals surface area contributed by atoms with Crippen molar-refractivity contribution in [2.75, 3.05) is 5.32 Å². The van der Waals surface area contributed by atoms with Crippen LogP contribution in [0.3, 0.4) is 0 Å². The second-order valence-electron chi connectivity index (χ2n) is 8.16. The van der Waals surface area contributed by atoms with Crippen LogP contribution in [0.2, 0.25) is 0 Å². The second-order valence-corrected chi connectivity index (χ2v) is 8.16. The third kappa shape index (κ3) is 4.84. The number of pyridine rings is 2. The van der Waals surface area contributed by atoms with Crippen LogP contribution in [-0.4, -0.2) is 21.8 Å². The number of fused-ring (bicyclic) bond motifs is 2. The summed E-state index contributed by atoms with van der Waals surface area (Å²) in [4.78, 5) is 33.8. The summed E-state index contributed by atoms with van der Waals surface area (Å²) >= 11 is 0. The number of anilines is 1. The fourth-order valence-corrected chi connectivity index (χ4v) is 3.68. The molecule has 1 amide bonds. The first-order valence-corrected chi connectivity index (χ1v) is 10.9. The number of hydrogen-bond acceptors (Lipinski definition) is 5. The number of aromatic nitrogens is 2. The Morgan fingerprint density at radius 2 is 1.60 bits per heavy atom. The molecule has 2 heterocycles. The van der Waals surface area contributed by atoms with Gasteiger partial charge in [-0.2, -0.15) is 0 Å². The Morgan fingerprint density at radius 1 is 0.857 bits per heavy atom. The lowest BCUT2D eigenvalue weighted by Gasteiger charge is -2.09. The number of nitrogens with one attached hydrogen (secondary N) is 1. The average molecular weight is 465 g/mol. The van der Waals surface area contributed by atoms with Crippen molar-refractivity contribution in [3.63, 3.8) is 0 Å². The third-order valence-corrected chi connectivity index (χ3v) is 5.63. The maximum absolute atomic E-state index is 13.8. The van der Waals surface area contributed by atoms with Gasteiger partial charge in [0.15, 0.2) is 0 Å². The number of esters is 1. The van der Waals surface area contributed by atoms with E-state index < -0.39 is 17.7 Å². The number of ether oxygens (including phenoxy) is 1. The average Bonchev–Trinajstić information content (AvgIpc) is 2.88. The van der Waals surface area contributed by atoms with E-state index in [1.54, 1.807) is 37.3 Å². The van der Waals surface area contributed by atoms with Gasteiger partial charge in [0, 0.05) is 28.9 Å². The van der Waals surface area contributed by atoms with Crippen LogP contribution in [0.25, 0.3) is 21.8 Å². The summed E-state index contributed by atoms with van der Waals surface area (Å²) in [6, 6.07) is 20.9. The summed E-state index contributed by atoms with van der Waals surface area (Å²) in [5, 5.41) is 4.26. The Balaban J connectivity index is 1.30. The lowest BCUT2D eigenvalue weighted by Crippen LogP contribution is -2.12. The summed E-state index contributed by atoms with van der Waals surface area (Å²) in [7, 11) is 0. The van der Waals surface area contributed by atoms with E-state index in [9.17, 15) is 14.0 Å². The van der Waals surface area contributed by atoms with E-state index in [0.717, 1.165) is 16.5 Å². The highest BCUT2D eigenvalue weighted by atomic mass is 19.1. The first kappa shape index (κ1) is 22.2. The highest BCUT2D eigenvalue weighted by Crippen LogP contribution is 2.20. The molecule has 35 heavy (non-hydrogen) atoms. The van der Waals surface area contributed by atoms with Crippen molar-refractivity contribution in [1.29, 1.82) is 0 Å². The molecule has 0 saturated heterocycles. The van der Waals surface area contributed by atoms with Crippen LogP contribution in [0.5, 0.6) is 0 Å². The van der Waals surface area contributed by atoms with Gasteiger partial charge in [-0.3, -0.25) is 14.8 Å². The predicted molar refractivity (Wildman–Crippen MR) is 132 cm³/mol. The number of carbonyl (C=O) groups excluding carboxylic acids is 2. The van der Waals surface area contributed by atoms with Crippen LogP contribution in [0.4, 0.5) is 10.1 Å². The topological polar surface area (TPSA) is 81.2 Å². The van der Waals surface area contributed by atoms with Crippen molar-refractivity contribution in [3.8, 4) is 0 Å². The summed E-state index contributed by atoms with van der Waals surface area (Å²) in [5.41, 5.74) is 3.81. The number of para-hydroxylation sites is 1. The fraction of sp³-hybridized carbons (Fsp3) is 0.0714. The number of hydrogen-bond donors (Lipinski definition) is 1. The number of nitrogens with zero attached hydrogens (tertiary/aromatic N) is 2. The Hall–Kier alpha value is -4.65. The molecular formula is C28H20FN3O3. The molecule has 0 atom stereocenters. The molecule has 172 valence electrons. The molecule has 2 aromatic heterocycles. The molecule has 5 aromatic rings. The minimum Gasteiger partial charge on any atom is -0.457 e. The number of aryl methyl sites for hydroxylation is 1. The van der Waals surface area contributed by atoms with Crippen molar-refractivity contribution in [2.45, 2.75) is 13.5 Å². The Kier molecular flexibility index (Phi) is 5.89. The van der Waals surface area contributed by atoms with E-state index in [1.165, 1.54) is 18.5 Å². The van der Waals surface area contributed by atoms with Gasteiger partial charge in [-0.1, -0.05) is 30.3 Å². The number of rotatable bonds is 5. The molecule has 3 aromatic carbocycles. The SMILES string of the molecule is Cc1ccc(NC(=O)c2cnc3ccc(COC(=O)c4cnc5ccccc5c4)cc3c2)cc1F. The standard InChI is InChI=1S/C28H20FN3O3/c1-17-6-8-23(13-24(17)29)32-27(33)21-12-20-10-18(7-9-26(20)30-14-21)16-35-28(34)22-11-19-4-2-3-5-25(19)31-15-22/h2-15H,16H2,1H3,(H,32,33). The highest BCUT2D eigenvalue weighted by molar-refractivity contribution is 6.05. The summed E-state index contributed by atoms with van der Waals surface area (Å²) in [6.07, 6.45) is 2.97. The van der Waals surface area contributed by atoms with Gasteiger partial charge in [0.25, 0.3) is 5.91 Å². The van der Waals surface area contributed by atoms with E-state index in [4.69, 9.17) is 4.74 Å². The Bertz CT molecular complexity index is 1600. The summed E-state index contributed by atoms with van der Waals surface area (Å²) in [6.45, 7) is 1.71. The maximum atomic E-state index is 13.8. The molecular weight excluding hydrogens is 445 g/mol. The molecule has 0 unspecified atom stereocenters. The lowest BCUT2D eigenvalue weighted by molar-refractivity contribution is 0.0472. The molecule has 5 rings (SSSR count). The van der Waals surface area contributed by atoms with Crippen LogP contribution in [0.15, 0.2) is 85.2 Å². The summed E-state index contributed by atoms with van der Waals surface area (Å²) in [5.74, 6) is -1.26. The smallest absolute Gasteiger partial charge is 0.340 e. The zero-order valence-electron chi connectivity index (χ0n) is 18.8. The van der Waals surface area contributed by atoms with E-state index in [0.29, 0.717) is 33.3 Å². The normalized spacial score (nSPS) is 10.9. The van der Waals surface area contributed by atoms with Crippen LogP contribution >= 0.6 is 0 Å². The van der Waals surface area contributed by atoms with Gasteiger partial charge in [-0.15, -0.1) is 0 Å². The zero-order chi connectivity index (χ0) is 24.4. The molecule has 0 aliphatic rings. The minimum atomic E-state index is -0.472. The van der Waals surface area contributed by atoms with Crippen molar-refractivity contribution >= 4 is 39.4 Å². The van der Waals surface area contributed by atoms with E-state index >= 15 is 0 Å². The molecule has 1 N–H and O–H groups in total. The largest absolute Gasteiger partial charge is 0.457 e. The number of halogens is 1. The van der Waals surface area contributed by atoms with Crippen molar-refractivity contribution < 1.29 is 18.7 Å². The van der Waals surface area contributed by atoms with Gasteiger partial charge in [0.05, 0.1) is 22.2 Å². The van der Waals surface area contributed by atoms with Crippen LogP contribution < -0.4 is 5.32 Å². The fourth-order valence-electron chi connectivity index (χ4n) is 3.68. The molecule has 0 aliphatic carbocycles. The molecule has 0 spiro atoms. The first-order chi connectivity index (χ1) is 17.0. The Morgan fingerprint density at radius 3 is 2.43 bits per heavy atom. The molecule has 0 bridgehead atoms. The predicted octanol–water partition coefficient (Wildman–Crippen LogP) is 5.84. The maximum Gasteiger partial charge on any atom is 0.340 e. The van der Waals surface area contributed by atoms with Gasteiger partial charge < -0.3 is 10.1 Å². The van der Waals surface area contributed by atoms with Gasteiger partial charge in [-0.05, 0) is 60.5 Å². The highest BCUT2D eigenvalue weighted by Gasteiger charge is 2.12. The molecule has 0 radical (unpaired) electrons. The minimum absolute atomic E-state index is 0.0562. The zero-order valence-corrected chi connectivity index (χ0v) is 18.8. The van der Waals surface area contributed by atoms with Gasteiger partial charge in [0.2, 0.25) is 0 Å². The Labute approximate surface area is 200 Å². The number of carbonyl (C=O) groups is 2. The molecule has 6 nitrogen and oxygen atoms in total. The monoisotopic (exact) mass is 465 g/mol. The van der Waals surface area contributed by atoms with Crippen LogP contribution in [0.1, 0.15) is 31.8 Å². The van der Waals surface area contributed by atoms with Crippen molar-refractivity contribution in [2.24, 2.45) is 0 Å². The van der Waals surface area contributed by atoms with Gasteiger partial charge in [-0.25, -0.2) is 9.18 Å². The molecule has 7 heteroatoms. The van der Waals surface area contributed by atoms with Crippen LogP contribution in [0, 0.1) is 12.7 Å². The quantitative estimate of drug-likeness (QED) is 0.330. The second kappa shape index (κ2) is 9.30. The lowest BCUT2D eigenvalue weighted by atomic mass is 10.1.